The van der Waals surface area contributed by atoms with Crippen molar-refractivity contribution in [1.82, 2.24) is 19.9 Å². The highest BCUT2D eigenvalue weighted by Crippen LogP contribution is 2.21. The molecule has 3 aromatic heterocycles. The molecule has 166 valence electrons. The average Bonchev–Trinajstić information content (AvgIpc) is 3.19. The maximum absolute atomic E-state index is 10.6. The first-order valence-electron chi connectivity index (χ1n) is 9.37. The van der Waals surface area contributed by atoms with Gasteiger partial charge in [-0.25, -0.2) is 14.8 Å². The number of aliphatic carboxylic acids is 1. The number of carbonyl (C=O) groups is 1. The number of para-hydroxylation sites is 1. The number of aromatic amines is 1. The zero-order valence-corrected chi connectivity index (χ0v) is 16.6. The number of hydrogen-bond donors (Lipinski definition) is 4. The van der Waals surface area contributed by atoms with Gasteiger partial charge in [0.15, 0.2) is 11.6 Å². The van der Waals surface area contributed by atoms with Crippen LogP contribution >= 0.6 is 0 Å². The second-order valence-electron chi connectivity index (χ2n) is 6.56. The Hall–Kier alpha value is -4.15. The van der Waals surface area contributed by atoms with E-state index < -0.39 is 12.1 Å². The predicted molar refractivity (Wildman–Crippen MR) is 114 cm³/mol. The normalized spacial score (nSPS) is 11.0. The number of nitrogens with one attached hydrogen (secondary N) is 2. The Kier molecular flexibility index (Phi) is 6.88. The molecule has 0 unspecified atom stereocenters. The zero-order valence-electron chi connectivity index (χ0n) is 16.6. The van der Waals surface area contributed by atoms with Crippen LogP contribution in [0.5, 0.6) is 0 Å². The molecule has 4 aromatic rings. The van der Waals surface area contributed by atoms with E-state index in [1.807, 2.05) is 18.2 Å². The SMILES string of the molecule is Nc1ncc(-c2ccncc2)nc1NCCc1c[nH]c2ccccc12.O=C(O)C(F)(F)F. The summed E-state index contributed by atoms with van der Waals surface area (Å²) in [4.78, 5) is 25.0. The fraction of sp³-hybridized carbons (Fsp3) is 0.143. The van der Waals surface area contributed by atoms with E-state index in [2.05, 4.69) is 49.6 Å². The lowest BCUT2D eigenvalue weighted by atomic mass is 10.1. The van der Waals surface area contributed by atoms with Crippen molar-refractivity contribution in [3.63, 3.8) is 0 Å². The van der Waals surface area contributed by atoms with E-state index in [1.54, 1.807) is 18.6 Å². The van der Waals surface area contributed by atoms with Crippen LogP contribution in [0.15, 0.2) is 61.2 Å². The third-order valence-electron chi connectivity index (χ3n) is 4.38. The standard InChI is InChI=1S/C19H18N6.C2HF3O2/c20-18-19(25-17(12-24-18)13-5-8-21-9-6-13)22-10-7-14-11-23-16-4-2-1-3-15(14)16;3-2(4,5)1(6)7/h1-6,8-9,11-12,23H,7,10H2,(H2,20,24)(H,22,25);(H,6,7). The van der Waals surface area contributed by atoms with Crippen LogP contribution in [-0.4, -0.2) is 43.7 Å². The number of H-pyrrole nitrogens is 1. The van der Waals surface area contributed by atoms with Crippen molar-refractivity contribution < 1.29 is 23.1 Å². The number of pyridine rings is 1. The number of fused-ring (bicyclic) bond motifs is 1. The summed E-state index contributed by atoms with van der Waals surface area (Å²) in [5.74, 6) is -1.75. The van der Waals surface area contributed by atoms with Crippen LogP contribution in [0, 0.1) is 0 Å². The first kappa shape index (κ1) is 22.5. The lowest BCUT2D eigenvalue weighted by molar-refractivity contribution is -0.192. The number of nitrogens with two attached hydrogens (primary N) is 1. The molecule has 0 radical (unpaired) electrons. The molecule has 0 atom stereocenters. The van der Waals surface area contributed by atoms with E-state index in [0.29, 0.717) is 11.6 Å². The van der Waals surface area contributed by atoms with Crippen LogP contribution in [0.25, 0.3) is 22.2 Å². The number of alkyl halides is 3. The summed E-state index contributed by atoms with van der Waals surface area (Å²) >= 11 is 0. The molecular weight excluding hydrogens is 425 g/mol. The number of hydrogen-bond acceptors (Lipinski definition) is 6. The second kappa shape index (κ2) is 9.77. The molecular formula is C21H19F3N6O2. The number of carboxylic acids is 1. The maximum Gasteiger partial charge on any atom is 0.490 e. The molecule has 3 heterocycles. The molecule has 0 spiro atoms. The van der Waals surface area contributed by atoms with E-state index in [0.717, 1.165) is 29.7 Å². The van der Waals surface area contributed by atoms with E-state index in [-0.39, 0.29) is 0 Å². The van der Waals surface area contributed by atoms with Gasteiger partial charge >= 0.3 is 12.1 Å². The van der Waals surface area contributed by atoms with Gasteiger partial charge in [-0.3, -0.25) is 4.98 Å². The largest absolute Gasteiger partial charge is 0.490 e. The number of aromatic nitrogens is 4. The summed E-state index contributed by atoms with van der Waals surface area (Å²) in [5, 5.41) is 11.7. The Morgan fingerprint density at radius 1 is 1.16 bits per heavy atom. The molecule has 1 aromatic carbocycles. The van der Waals surface area contributed by atoms with Gasteiger partial charge in [0, 0.05) is 41.6 Å². The van der Waals surface area contributed by atoms with Crippen molar-refractivity contribution in [3.8, 4) is 11.3 Å². The van der Waals surface area contributed by atoms with Crippen molar-refractivity contribution >= 4 is 28.5 Å². The average molecular weight is 444 g/mol. The molecule has 32 heavy (non-hydrogen) atoms. The third kappa shape index (κ3) is 5.72. The number of nitrogen functional groups attached to an aromatic ring is 1. The fourth-order valence-corrected chi connectivity index (χ4v) is 2.84. The van der Waals surface area contributed by atoms with Crippen molar-refractivity contribution in [1.29, 1.82) is 0 Å². The second-order valence-corrected chi connectivity index (χ2v) is 6.56. The smallest absolute Gasteiger partial charge is 0.475 e. The monoisotopic (exact) mass is 444 g/mol. The fourth-order valence-electron chi connectivity index (χ4n) is 2.84. The number of carboxylic acid groups (broad SMARTS) is 1. The van der Waals surface area contributed by atoms with Gasteiger partial charge in [-0.1, -0.05) is 18.2 Å². The summed E-state index contributed by atoms with van der Waals surface area (Å²) in [7, 11) is 0. The summed E-state index contributed by atoms with van der Waals surface area (Å²) in [5.41, 5.74) is 10.1. The number of anilines is 2. The minimum Gasteiger partial charge on any atom is -0.475 e. The Balaban J connectivity index is 0.000000360. The molecule has 0 saturated heterocycles. The maximum atomic E-state index is 10.6. The molecule has 8 nitrogen and oxygen atoms in total. The van der Waals surface area contributed by atoms with Crippen molar-refractivity contribution in [2.45, 2.75) is 12.6 Å². The van der Waals surface area contributed by atoms with Crippen LogP contribution in [0.3, 0.4) is 0 Å². The van der Waals surface area contributed by atoms with Crippen LogP contribution in [0.4, 0.5) is 24.8 Å². The molecule has 0 aliphatic rings. The van der Waals surface area contributed by atoms with Gasteiger partial charge in [0.05, 0.1) is 11.9 Å². The third-order valence-corrected chi connectivity index (χ3v) is 4.38. The first-order valence-corrected chi connectivity index (χ1v) is 9.37. The molecule has 0 aliphatic heterocycles. The van der Waals surface area contributed by atoms with Gasteiger partial charge in [0.1, 0.15) is 0 Å². The van der Waals surface area contributed by atoms with Crippen LogP contribution < -0.4 is 11.1 Å². The van der Waals surface area contributed by atoms with Crippen molar-refractivity contribution in [3.05, 3.63) is 66.7 Å². The molecule has 0 aliphatic carbocycles. The van der Waals surface area contributed by atoms with E-state index in [9.17, 15) is 13.2 Å². The number of halogens is 3. The van der Waals surface area contributed by atoms with Gasteiger partial charge in [-0.05, 0) is 30.2 Å². The van der Waals surface area contributed by atoms with Crippen molar-refractivity contribution in [2.75, 3.05) is 17.6 Å². The lowest BCUT2D eigenvalue weighted by Crippen LogP contribution is -2.21. The van der Waals surface area contributed by atoms with Gasteiger partial charge < -0.3 is 21.1 Å². The molecule has 11 heteroatoms. The number of rotatable bonds is 5. The molecule has 0 fully saturated rings. The minimum atomic E-state index is -5.08. The van der Waals surface area contributed by atoms with Gasteiger partial charge in [0.25, 0.3) is 0 Å². The topological polar surface area (TPSA) is 130 Å². The van der Waals surface area contributed by atoms with Crippen molar-refractivity contribution in [2.24, 2.45) is 0 Å². The summed E-state index contributed by atoms with van der Waals surface area (Å²) in [6, 6.07) is 12.1. The van der Waals surface area contributed by atoms with Gasteiger partial charge in [-0.15, -0.1) is 0 Å². The lowest BCUT2D eigenvalue weighted by Gasteiger charge is -2.09. The highest BCUT2D eigenvalue weighted by molar-refractivity contribution is 5.83. The van der Waals surface area contributed by atoms with Crippen LogP contribution in [0.1, 0.15) is 5.56 Å². The zero-order chi connectivity index (χ0) is 23.1. The van der Waals surface area contributed by atoms with E-state index in [4.69, 9.17) is 15.6 Å². The molecule has 0 saturated carbocycles. The Morgan fingerprint density at radius 3 is 2.53 bits per heavy atom. The Morgan fingerprint density at radius 2 is 1.84 bits per heavy atom. The highest BCUT2D eigenvalue weighted by atomic mass is 19.4. The Bertz CT molecular complexity index is 1200. The quantitative estimate of drug-likeness (QED) is 0.367. The summed E-state index contributed by atoms with van der Waals surface area (Å²) in [6.07, 6.45) is 2.98. The molecule has 0 amide bonds. The Labute approximate surface area is 180 Å². The summed E-state index contributed by atoms with van der Waals surface area (Å²) < 4.78 is 31.7. The minimum absolute atomic E-state index is 0.400. The number of nitrogens with zero attached hydrogens (tertiary/aromatic N) is 3. The number of benzene rings is 1. The first-order chi connectivity index (χ1) is 15.3. The molecule has 5 N–H and O–H groups in total. The molecule has 0 bridgehead atoms. The molecule has 4 rings (SSSR count). The van der Waals surface area contributed by atoms with E-state index >= 15 is 0 Å². The predicted octanol–water partition coefficient (Wildman–Crippen LogP) is 3.89. The van der Waals surface area contributed by atoms with Crippen LogP contribution in [0.2, 0.25) is 0 Å². The van der Waals surface area contributed by atoms with Gasteiger partial charge in [-0.2, -0.15) is 13.2 Å². The summed E-state index contributed by atoms with van der Waals surface area (Å²) in [6.45, 7) is 0.723. The van der Waals surface area contributed by atoms with Gasteiger partial charge in [0.2, 0.25) is 0 Å². The van der Waals surface area contributed by atoms with Crippen LogP contribution in [-0.2, 0) is 11.2 Å². The van der Waals surface area contributed by atoms with E-state index in [1.165, 1.54) is 10.9 Å². The highest BCUT2D eigenvalue weighted by Gasteiger charge is 2.38.